The number of nitrogens with zero attached hydrogens (tertiary/aromatic N) is 3. The fourth-order valence-electron chi connectivity index (χ4n) is 5.06. The fraction of sp³-hybridized carbons (Fsp3) is 0.343. The molecular weight excluding hydrogens is 618 g/mol. The number of hydrogen-bond acceptors (Lipinski definition) is 7. The maximum atomic E-state index is 13.8. The quantitative estimate of drug-likeness (QED) is 0.101. The molecule has 0 unspecified atom stereocenters. The Balaban J connectivity index is 1.79. The molecule has 0 saturated heterocycles. The molecule has 0 saturated carbocycles. The van der Waals surface area contributed by atoms with Gasteiger partial charge in [-0.05, 0) is 76.6 Å². The number of aromatic nitrogens is 2. The monoisotopic (exact) mass is 655 g/mol. The van der Waals surface area contributed by atoms with Crippen molar-refractivity contribution in [1.82, 2.24) is 9.97 Å². The zero-order valence-electron chi connectivity index (χ0n) is 26.6. The third-order valence-corrected chi connectivity index (χ3v) is 7.46. The van der Waals surface area contributed by atoms with Crippen LogP contribution in [0.5, 0.6) is 17.2 Å². The van der Waals surface area contributed by atoms with E-state index in [9.17, 15) is 22.4 Å². The van der Waals surface area contributed by atoms with Crippen molar-refractivity contribution in [3.05, 3.63) is 94.8 Å². The van der Waals surface area contributed by atoms with Crippen LogP contribution in [0.1, 0.15) is 60.4 Å². The Morgan fingerprint density at radius 2 is 1.62 bits per heavy atom. The van der Waals surface area contributed by atoms with Crippen LogP contribution in [0.2, 0.25) is 0 Å². The molecular formula is C35H37F4N3O5. The first-order valence-corrected chi connectivity index (χ1v) is 14.9. The number of halogens is 4. The lowest BCUT2D eigenvalue weighted by Gasteiger charge is -2.26. The van der Waals surface area contributed by atoms with Crippen molar-refractivity contribution in [1.29, 1.82) is 0 Å². The maximum absolute atomic E-state index is 13.8. The summed E-state index contributed by atoms with van der Waals surface area (Å²) in [6, 6.07) is 14.7. The van der Waals surface area contributed by atoms with E-state index < -0.39 is 24.4 Å². The van der Waals surface area contributed by atoms with E-state index >= 15 is 0 Å². The Morgan fingerprint density at radius 3 is 2.23 bits per heavy atom. The molecule has 0 fully saturated rings. The van der Waals surface area contributed by atoms with E-state index in [0.717, 1.165) is 34.4 Å². The van der Waals surface area contributed by atoms with Crippen LogP contribution in [0.4, 0.5) is 23.5 Å². The molecule has 0 aliphatic heterocycles. The van der Waals surface area contributed by atoms with E-state index in [1.807, 2.05) is 36.4 Å². The molecule has 0 atom stereocenters. The Morgan fingerprint density at radius 1 is 0.894 bits per heavy atom. The van der Waals surface area contributed by atoms with Crippen molar-refractivity contribution >= 4 is 11.9 Å². The summed E-state index contributed by atoms with van der Waals surface area (Å²) in [4.78, 5) is 21.4. The molecule has 4 aromatic rings. The molecule has 4 rings (SSSR count). The molecule has 47 heavy (non-hydrogen) atoms. The minimum Gasteiger partial charge on any atom is -0.497 e. The largest absolute Gasteiger partial charge is 0.497 e. The Labute approximate surface area is 271 Å². The molecule has 0 aliphatic carbocycles. The van der Waals surface area contributed by atoms with Gasteiger partial charge in [-0.1, -0.05) is 32.0 Å². The average Bonchev–Trinajstić information content (AvgIpc) is 3.05. The fourth-order valence-corrected chi connectivity index (χ4v) is 5.06. The lowest BCUT2D eigenvalue weighted by atomic mass is 9.93. The third kappa shape index (κ3) is 9.34. The summed E-state index contributed by atoms with van der Waals surface area (Å²) in [6.07, 6.45) is -1.61. The van der Waals surface area contributed by atoms with Gasteiger partial charge in [0.1, 0.15) is 18.2 Å². The van der Waals surface area contributed by atoms with Crippen LogP contribution in [-0.2, 0) is 30.7 Å². The number of aliphatic carboxylic acids is 1. The van der Waals surface area contributed by atoms with Gasteiger partial charge in [0, 0.05) is 25.1 Å². The first kappa shape index (κ1) is 35.0. The summed E-state index contributed by atoms with van der Waals surface area (Å²) in [5, 5.41) is 8.85. The van der Waals surface area contributed by atoms with Crippen LogP contribution >= 0.6 is 0 Å². The predicted octanol–water partition coefficient (Wildman–Crippen LogP) is 8.22. The molecule has 1 aromatic heterocycles. The molecule has 1 N–H and O–H groups in total. The lowest BCUT2D eigenvalue weighted by Crippen LogP contribution is -2.25. The van der Waals surface area contributed by atoms with Crippen LogP contribution in [0, 0.1) is 0 Å². The topological polar surface area (TPSA) is 94.0 Å². The number of methoxy groups -OCH3 is 2. The molecule has 250 valence electrons. The molecule has 0 amide bonds. The molecule has 0 aliphatic rings. The second kappa shape index (κ2) is 15.6. The van der Waals surface area contributed by atoms with Crippen molar-refractivity contribution in [2.24, 2.45) is 0 Å². The second-order valence-corrected chi connectivity index (χ2v) is 11.2. The summed E-state index contributed by atoms with van der Waals surface area (Å²) >= 11 is 0. The van der Waals surface area contributed by atoms with Gasteiger partial charge >= 0.3 is 12.1 Å². The zero-order valence-corrected chi connectivity index (χ0v) is 26.6. The number of carbonyl (C=O) groups is 1. The molecule has 3 aromatic carbocycles. The summed E-state index contributed by atoms with van der Waals surface area (Å²) in [5.41, 5.74) is 2.63. The Bertz CT molecular complexity index is 1660. The highest BCUT2D eigenvalue weighted by Crippen LogP contribution is 2.38. The second-order valence-electron chi connectivity index (χ2n) is 11.2. The van der Waals surface area contributed by atoms with Crippen molar-refractivity contribution in [2.75, 3.05) is 25.7 Å². The van der Waals surface area contributed by atoms with Gasteiger partial charge in [0.05, 0.1) is 38.8 Å². The maximum Gasteiger partial charge on any atom is 0.416 e. The molecule has 1 heterocycles. The van der Waals surface area contributed by atoms with Crippen molar-refractivity contribution < 1.29 is 41.7 Å². The van der Waals surface area contributed by atoms with E-state index in [0.29, 0.717) is 17.2 Å². The summed E-state index contributed by atoms with van der Waals surface area (Å²) in [7, 11) is 3.12. The van der Waals surface area contributed by atoms with Crippen LogP contribution < -0.4 is 19.1 Å². The number of anilines is 1. The normalized spacial score (nSPS) is 11.4. The highest BCUT2D eigenvalue weighted by molar-refractivity contribution is 5.75. The predicted molar refractivity (Wildman–Crippen MR) is 170 cm³/mol. The van der Waals surface area contributed by atoms with Gasteiger partial charge in [0.2, 0.25) is 5.95 Å². The highest BCUT2D eigenvalue weighted by Gasteiger charge is 2.31. The minimum atomic E-state index is -4.67. The van der Waals surface area contributed by atoms with Crippen molar-refractivity contribution in [2.45, 2.75) is 58.5 Å². The number of hydrogen-bond donors (Lipinski definition) is 1. The first-order chi connectivity index (χ1) is 22.4. The zero-order chi connectivity index (χ0) is 34.1. The van der Waals surface area contributed by atoms with Gasteiger partial charge in [-0.3, -0.25) is 4.79 Å². The number of benzene rings is 3. The van der Waals surface area contributed by atoms with Crippen LogP contribution in [0.25, 0.3) is 11.1 Å². The van der Waals surface area contributed by atoms with Gasteiger partial charge in [-0.2, -0.15) is 13.2 Å². The standard InChI is InChI=1S/C35H37F4N3O5/c1-22(2)25-7-10-32(46-4)31(16-25)30-9-8-28(45-3)15-26(30)21-42(20-24-12-23(17-36)13-27(14-24)35(37,38)39)34-40-18-29(19-41-34)47-11-5-6-33(43)44/h7-10,12-16,18-19,22H,5-6,11,17,20-21H2,1-4H3,(H,43,44). The number of carboxylic acids is 1. The van der Waals surface area contributed by atoms with E-state index in [2.05, 4.69) is 23.8 Å². The van der Waals surface area contributed by atoms with Crippen LogP contribution in [0.3, 0.4) is 0 Å². The Kier molecular flexibility index (Phi) is 11.6. The smallest absolute Gasteiger partial charge is 0.416 e. The number of carboxylic acid groups (broad SMARTS) is 1. The van der Waals surface area contributed by atoms with E-state index in [-0.39, 0.29) is 55.5 Å². The first-order valence-electron chi connectivity index (χ1n) is 14.9. The van der Waals surface area contributed by atoms with E-state index in [1.54, 1.807) is 12.0 Å². The highest BCUT2D eigenvalue weighted by atomic mass is 19.4. The molecule has 8 nitrogen and oxygen atoms in total. The number of alkyl halides is 4. The SMILES string of the molecule is COc1ccc(-c2cc(C(C)C)ccc2OC)c(CN(Cc2cc(CF)cc(C(F)(F)F)c2)c2ncc(OCCCC(=O)O)cn2)c1. The lowest BCUT2D eigenvalue weighted by molar-refractivity contribution is -0.138. The van der Waals surface area contributed by atoms with Gasteiger partial charge < -0.3 is 24.2 Å². The number of ether oxygens (including phenoxy) is 3. The molecule has 0 bridgehead atoms. The average molecular weight is 656 g/mol. The summed E-state index contributed by atoms with van der Waals surface area (Å²) < 4.78 is 71.8. The molecule has 0 spiro atoms. The van der Waals surface area contributed by atoms with Gasteiger partial charge in [0.25, 0.3) is 0 Å². The third-order valence-electron chi connectivity index (χ3n) is 7.46. The Hall–Kier alpha value is -4.87. The van der Waals surface area contributed by atoms with Gasteiger partial charge in [-0.25, -0.2) is 14.4 Å². The van der Waals surface area contributed by atoms with Crippen LogP contribution in [0.15, 0.2) is 67.0 Å². The van der Waals surface area contributed by atoms with Crippen molar-refractivity contribution in [3.63, 3.8) is 0 Å². The molecule has 12 heteroatoms. The van der Waals surface area contributed by atoms with E-state index in [1.165, 1.54) is 25.6 Å². The summed E-state index contributed by atoms with van der Waals surface area (Å²) in [6.45, 7) is 3.28. The summed E-state index contributed by atoms with van der Waals surface area (Å²) in [5.74, 6) is 0.980. The van der Waals surface area contributed by atoms with Gasteiger partial charge in [-0.15, -0.1) is 0 Å². The van der Waals surface area contributed by atoms with Gasteiger partial charge in [0.15, 0.2) is 5.75 Å². The number of rotatable bonds is 15. The van der Waals surface area contributed by atoms with Crippen LogP contribution in [-0.4, -0.2) is 41.9 Å². The molecule has 0 radical (unpaired) electrons. The van der Waals surface area contributed by atoms with E-state index in [4.69, 9.17) is 19.3 Å². The minimum absolute atomic E-state index is 0.0572. The van der Waals surface area contributed by atoms with Crippen molar-refractivity contribution in [3.8, 4) is 28.4 Å².